The number of aromatic hydroxyl groups is 2. The fourth-order valence-corrected chi connectivity index (χ4v) is 2.52. The number of rotatable bonds is 2. The van der Waals surface area contributed by atoms with Crippen LogP contribution in [0.3, 0.4) is 0 Å². The lowest BCUT2D eigenvalue weighted by atomic mass is 9.90. The molecule has 0 saturated carbocycles. The Kier molecular flexibility index (Phi) is 3.14. The first-order chi connectivity index (χ1) is 9.69. The van der Waals surface area contributed by atoms with Crippen molar-refractivity contribution in [3.8, 4) is 23.0 Å². The molecule has 104 valence electrons. The van der Waals surface area contributed by atoms with Crippen molar-refractivity contribution in [3.05, 3.63) is 47.5 Å². The topological polar surface area (TPSA) is 58.9 Å². The average Bonchev–Trinajstić information content (AvgIpc) is 2.51. The lowest BCUT2D eigenvalue weighted by Gasteiger charge is -2.26. The molecule has 3 rings (SSSR count). The number of hydrogen-bond acceptors (Lipinski definition) is 4. The van der Waals surface area contributed by atoms with Gasteiger partial charge in [-0.3, -0.25) is 0 Å². The van der Waals surface area contributed by atoms with E-state index in [4.69, 9.17) is 9.47 Å². The van der Waals surface area contributed by atoms with Crippen LogP contribution in [-0.4, -0.2) is 23.9 Å². The van der Waals surface area contributed by atoms with Gasteiger partial charge in [-0.25, -0.2) is 0 Å². The summed E-state index contributed by atoms with van der Waals surface area (Å²) in [6.07, 6.45) is 0.773. The number of hydrogen-bond donors (Lipinski definition) is 2. The van der Waals surface area contributed by atoms with Crippen LogP contribution in [0, 0.1) is 0 Å². The van der Waals surface area contributed by atoms with E-state index in [-0.39, 0.29) is 17.4 Å². The van der Waals surface area contributed by atoms with Crippen molar-refractivity contribution in [1.82, 2.24) is 0 Å². The van der Waals surface area contributed by atoms with Gasteiger partial charge in [0.2, 0.25) is 5.75 Å². The maximum Gasteiger partial charge on any atom is 0.200 e. The molecule has 1 atom stereocenters. The van der Waals surface area contributed by atoms with E-state index in [2.05, 4.69) is 0 Å². The lowest BCUT2D eigenvalue weighted by Crippen LogP contribution is -2.19. The molecule has 4 nitrogen and oxygen atoms in total. The summed E-state index contributed by atoms with van der Waals surface area (Å²) < 4.78 is 10.8. The zero-order chi connectivity index (χ0) is 14.1. The summed E-state index contributed by atoms with van der Waals surface area (Å²) in [5.41, 5.74) is 2.08. The van der Waals surface area contributed by atoms with Gasteiger partial charge < -0.3 is 19.7 Å². The maximum absolute atomic E-state index is 9.78. The molecule has 0 fully saturated rings. The molecule has 2 aromatic carbocycles. The second-order valence-corrected chi connectivity index (χ2v) is 4.91. The molecule has 4 heteroatoms. The smallest absolute Gasteiger partial charge is 0.200 e. The molecule has 0 spiro atoms. The zero-order valence-electron chi connectivity index (χ0n) is 11.2. The highest BCUT2D eigenvalue weighted by Gasteiger charge is 2.25. The summed E-state index contributed by atoms with van der Waals surface area (Å²) in [5.74, 6) is 1.14. The molecule has 0 saturated heterocycles. The van der Waals surface area contributed by atoms with Crippen molar-refractivity contribution < 1.29 is 19.7 Å². The molecule has 0 radical (unpaired) electrons. The van der Waals surface area contributed by atoms with Crippen LogP contribution in [-0.2, 0) is 6.42 Å². The van der Waals surface area contributed by atoms with Gasteiger partial charge in [0.25, 0.3) is 0 Å². The van der Waals surface area contributed by atoms with Gasteiger partial charge in [-0.05, 0) is 35.7 Å². The molecule has 1 heterocycles. The summed E-state index contributed by atoms with van der Waals surface area (Å²) in [7, 11) is 1.64. The molecule has 0 aromatic heterocycles. The fourth-order valence-electron chi connectivity index (χ4n) is 2.52. The number of ether oxygens (including phenoxy) is 2. The standard InChI is InChI=1S/C16H16O4/c1-19-13-5-2-10(3-6-13)12-8-11-4-7-14(17)15(18)16(11)20-9-12/h2-7,12,17-18H,8-9H2,1H3/t12-/m0/s1. The van der Waals surface area contributed by atoms with E-state index in [9.17, 15) is 10.2 Å². The molecular weight excluding hydrogens is 256 g/mol. The van der Waals surface area contributed by atoms with E-state index in [0.29, 0.717) is 12.4 Å². The van der Waals surface area contributed by atoms with Crippen molar-refractivity contribution in [1.29, 1.82) is 0 Å². The molecule has 1 aliphatic heterocycles. The van der Waals surface area contributed by atoms with Gasteiger partial charge in [-0.15, -0.1) is 0 Å². The summed E-state index contributed by atoms with van der Waals surface area (Å²) >= 11 is 0. The van der Waals surface area contributed by atoms with Crippen LogP contribution >= 0.6 is 0 Å². The minimum Gasteiger partial charge on any atom is -0.504 e. The Hall–Kier alpha value is -2.36. The average molecular weight is 272 g/mol. The predicted molar refractivity (Wildman–Crippen MR) is 74.7 cm³/mol. The summed E-state index contributed by atoms with van der Waals surface area (Å²) in [4.78, 5) is 0. The Labute approximate surface area is 117 Å². The third-order valence-electron chi connectivity index (χ3n) is 3.67. The number of phenolic OH excluding ortho intramolecular Hbond substituents is 2. The quantitative estimate of drug-likeness (QED) is 0.825. The lowest BCUT2D eigenvalue weighted by molar-refractivity contribution is 0.246. The summed E-state index contributed by atoms with van der Waals surface area (Å²) in [6.45, 7) is 0.482. The maximum atomic E-state index is 9.78. The van der Waals surface area contributed by atoms with E-state index >= 15 is 0 Å². The zero-order valence-corrected chi connectivity index (χ0v) is 11.2. The summed E-state index contributed by atoms with van der Waals surface area (Å²) in [6, 6.07) is 11.2. The van der Waals surface area contributed by atoms with Crippen molar-refractivity contribution in [3.63, 3.8) is 0 Å². The summed E-state index contributed by atoms with van der Waals surface area (Å²) in [5, 5.41) is 19.2. The van der Waals surface area contributed by atoms with Crippen molar-refractivity contribution in [2.24, 2.45) is 0 Å². The van der Waals surface area contributed by atoms with Gasteiger partial charge in [-0.1, -0.05) is 18.2 Å². The minimum absolute atomic E-state index is 0.147. The van der Waals surface area contributed by atoms with Gasteiger partial charge in [0, 0.05) is 5.92 Å². The van der Waals surface area contributed by atoms with Crippen molar-refractivity contribution >= 4 is 0 Å². The van der Waals surface area contributed by atoms with Crippen LogP contribution in [0.5, 0.6) is 23.0 Å². The van der Waals surface area contributed by atoms with Crippen LogP contribution in [0.25, 0.3) is 0 Å². The highest BCUT2D eigenvalue weighted by Crippen LogP contribution is 2.43. The molecular formula is C16H16O4. The molecule has 2 aromatic rings. The highest BCUT2D eigenvalue weighted by atomic mass is 16.5. The Bertz CT molecular complexity index is 619. The van der Waals surface area contributed by atoms with E-state index < -0.39 is 0 Å². The Balaban J connectivity index is 1.86. The first-order valence-electron chi connectivity index (χ1n) is 6.49. The van der Waals surface area contributed by atoms with Crippen molar-refractivity contribution in [2.45, 2.75) is 12.3 Å². The third-order valence-corrected chi connectivity index (χ3v) is 3.67. The van der Waals surface area contributed by atoms with Crippen molar-refractivity contribution in [2.75, 3.05) is 13.7 Å². The second kappa shape index (κ2) is 4.96. The van der Waals surface area contributed by atoms with E-state index in [0.717, 1.165) is 17.7 Å². The normalized spacial score (nSPS) is 17.1. The van der Waals surface area contributed by atoms with Gasteiger partial charge in [0.1, 0.15) is 5.75 Å². The van der Waals surface area contributed by atoms with Crippen LogP contribution in [0.1, 0.15) is 17.0 Å². The molecule has 0 bridgehead atoms. The molecule has 0 unspecified atom stereocenters. The number of benzene rings is 2. The number of fused-ring (bicyclic) bond motifs is 1. The van der Waals surface area contributed by atoms with E-state index in [1.165, 1.54) is 11.6 Å². The molecule has 0 aliphatic carbocycles. The van der Waals surface area contributed by atoms with Gasteiger partial charge in [-0.2, -0.15) is 0 Å². The second-order valence-electron chi connectivity index (χ2n) is 4.91. The van der Waals surface area contributed by atoms with Gasteiger partial charge in [0.05, 0.1) is 13.7 Å². The van der Waals surface area contributed by atoms with Crippen LogP contribution in [0.2, 0.25) is 0 Å². The number of phenols is 2. The largest absolute Gasteiger partial charge is 0.504 e. The SMILES string of the molecule is COc1ccc([C@@H]2COc3c(ccc(O)c3O)C2)cc1. The van der Waals surface area contributed by atoms with E-state index in [1.807, 2.05) is 24.3 Å². The fraction of sp³-hybridized carbons (Fsp3) is 0.250. The Morgan fingerprint density at radius 3 is 2.55 bits per heavy atom. The first kappa shape index (κ1) is 12.7. The molecule has 20 heavy (non-hydrogen) atoms. The monoisotopic (exact) mass is 272 g/mol. The molecule has 1 aliphatic rings. The Morgan fingerprint density at radius 1 is 1.10 bits per heavy atom. The van der Waals surface area contributed by atoms with Gasteiger partial charge >= 0.3 is 0 Å². The minimum atomic E-state index is -0.171. The number of methoxy groups -OCH3 is 1. The van der Waals surface area contributed by atoms with Crippen LogP contribution in [0.15, 0.2) is 36.4 Å². The first-order valence-corrected chi connectivity index (χ1v) is 6.49. The highest BCUT2D eigenvalue weighted by molar-refractivity contribution is 5.55. The van der Waals surface area contributed by atoms with Crippen LogP contribution < -0.4 is 9.47 Å². The Morgan fingerprint density at radius 2 is 1.85 bits per heavy atom. The molecule has 2 N–H and O–H groups in total. The van der Waals surface area contributed by atoms with Gasteiger partial charge in [0.15, 0.2) is 11.5 Å². The molecule has 0 amide bonds. The van der Waals surface area contributed by atoms with E-state index in [1.54, 1.807) is 13.2 Å². The van der Waals surface area contributed by atoms with Crippen LogP contribution in [0.4, 0.5) is 0 Å². The third kappa shape index (κ3) is 2.13. The predicted octanol–water partition coefficient (Wildman–Crippen LogP) is 2.83.